The van der Waals surface area contributed by atoms with E-state index in [1.165, 1.54) is 43.4 Å². The van der Waals surface area contributed by atoms with Crippen molar-refractivity contribution in [3.05, 3.63) is 12.2 Å². The quantitative estimate of drug-likeness (QED) is 0.522. The van der Waals surface area contributed by atoms with Crippen LogP contribution in [0.1, 0.15) is 44.9 Å². The standard InChI is InChI=1S/C11H19N/c1-10-8-6-4-3-5-7-9-11(10)12-2/h1,3-9H2,2H3. The Bertz CT molecular complexity index is 179. The summed E-state index contributed by atoms with van der Waals surface area (Å²) in [5.74, 6) is 0. The van der Waals surface area contributed by atoms with Gasteiger partial charge in [-0.05, 0) is 31.3 Å². The fourth-order valence-corrected chi connectivity index (χ4v) is 1.75. The predicted molar refractivity (Wildman–Crippen MR) is 54.8 cm³/mol. The van der Waals surface area contributed by atoms with Gasteiger partial charge in [-0.15, -0.1) is 0 Å². The second-order valence-electron chi connectivity index (χ2n) is 3.54. The second-order valence-corrected chi connectivity index (χ2v) is 3.54. The number of hydrogen-bond acceptors (Lipinski definition) is 1. The summed E-state index contributed by atoms with van der Waals surface area (Å²) in [4.78, 5) is 4.29. The predicted octanol–water partition coefficient (Wildman–Crippen LogP) is 3.36. The Morgan fingerprint density at radius 2 is 1.58 bits per heavy atom. The Kier molecular flexibility index (Phi) is 4.06. The van der Waals surface area contributed by atoms with Crippen LogP contribution >= 0.6 is 0 Å². The second kappa shape index (κ2) is 5.13. The lowest BCUT2D eigenvalue weighted by atomic mass is 10.0. The van der Waals surface area contributed by atoms with Gasteiger partial charge in [0.1, 0.15) is 0 Å². The minimum absolute atomic E-state index is 1.15. The molecule has 0 aromatic carbocycles. The van der Waals surface area contributed by atoms with E-state index in [2.05, 4.69) is 11.6 Å². The maximum absolute atomic E-state index is 4.29. The molecule has 1 rings (SSSR count). The van der Waals surface area contributed by atoms with E-state index < -0.39 is 0 Å². The summed E-state index contributed by atoms with van der Waals surface area (Å²) in [6, 6.07) is 0. The Morgan fingerprint density at radius 3 is 2.25 bits per heavy atom. The van der Waals surface area contributed by atoms with Crippen molar-refractivity contribution in [1.82, 2.24) is 0 Å². The van der Waals surface area contributed by atoms with Gasteiger partial charge in [-0.1, -0.05) is 25.8 Å². The molecule has 0 bridgehead atoms. The molecule has 68 valence electrons. The van der Waals surface area contributed by atoms with E-state index >= 15 is 0 Å². The van der Waals surface area contributed by atoms with E-state index in [1.54, 1.807) is 0 Å². The van der Waals surface area contributed by atoms with Gasteiger partial charge in [0.15, 0.2) is 0 Å². The summed E-state index contributed by atoms with van der Waals surface area (Å²) in [5.41, 5.74) is 2.54. The molecule has 0 aliphatic heterocycles. The molecule has 0 spiro atoms. The molecule has 0 amide bonds. The monoisotopic (exact) mass is 165 g/mol. The molecule has 0 heterocycles. The molecule has 1 nitrogen and oxygen atoms in total. The third-order valence-corrected chi connectivity index (χ3v) is 2.57. The molecule has 1 fully saturated rings. The summed E-state index contributed by atoms with van der Waals surface area (Å²) in [6.45, 7) is 4.08. The summed E-state index contributed by atoms with van der Waals surface area (Å²) in [6.07, 6.45) is 9.04. The molecule has 0 N–H and O–H groups in total. The van der Waals surface area contributed by atoms with Crippen LogP contribution in [0, 0.1) is 0 Å². The summed E-state index contributed by atoms with van der Waals surface area (Å²) in [5, 5.41) is 0. The van der Waals surface area contributed by atoms with E-state index in [4.69, 9.17) is 0 Å². The van der Waals surface area contributed by atoms with Crippen LogP contribution in [0.15, 0.2) is 17.1 Å². The summed E-state index contributed by atoms with van der Waals surface area (Å²) < 4.78 is 0. The number of aliphatic imine (C=N–C) groups is 1. The number of nitrogens with zero attached hydrogens (tertiary/aromatic N) is 1. The minimum atomic E-state index is 1.15. The SMILES string of the molecule is C=C1CCCCCCCC1=NC. The van der Waals surface area contributed by atoms with Gasteiger partial charge in [0.25, 0.3) is 0 Å². The van der Waals surface area contributed by atoms with Crippen LogP contribution in [-0.4, -0.2) is 12.8 Å². The van der Waals surface area contributed by atoms with Crippen LogP contribution in [-0.2, 0) is 0 Å². The van der Waals surface area contributed by atoms with Crippen molar-refractivity contribution in [2.24, 2.45) is 4.99 Å². The highest BCUT2D eigenvalue weighted by atomic mass is 14.7. The lowest BCUT2D eigenvalue weighted by molar-refractivity contribution is 0.635. The maximum atomic E-state index is 4.29. The van der Waals surface area contributed by atoms with Crippen molar-refractivity contribution < 1.29 is 0 Å². The van der Waals surface area contributed by atoms with Crippen LogP contribution in [0.25, 0.3) is 0 Å². The first kappa shape index (κ1) is 9.50. The largest absolute Gasteiger partial charge is 0.293 e. The van der Waals surface area contributed by atoms with Crippen molar-refractivity contribution >= 4 is 5.71 Å². The summed E-state index contributed by atoms with van der Waals surface area (Å²) >= 11 is 0. The van der Waals surface area contributed by atoms with Crippen molar-refractivity contribution in [1.29, 1.82) is 0 Å². The van der Waals surface area contributed by atoms with Gasteiger partial charge < -0.3 is 0 Å². The lowest BCUT2D eigenvalue weighted by Crippen LogP contribution is -2.00. The highest BCUT2D eigenvalue weighted by Crippen LogP contribution is 2.17. The van der Waals surface area contributed by atoms with Crippen LogP contribution in [0.3, 0.4) is 0 Å². The zero-order valence-electron chi connectivity index (χ0n) is 8.10. The Labute approximate surface area is 75.6 Å². The molecule has 1 aliphatic carbocycles. The Balaban J connectivity index is 2.53. The Morgan fingerprint density at radius 1 is 1.00 bits per heavy atom. The smallest absolute Gasteiger partial charge is 0.0370 e. The molecular weight excluding hydrogens is 146 g/mol. The molecule has 0 unspecified atom stereocenters. The first-order valence-electron chi connectivity index (χ1n) is 4.98. The van der Waals surface area contributed by atoms with Crippen molar-refractivity contribution in [3.63, 3.8) is 0 Å². The molecule has 0 saturated heterocycles. The van der Waals surface area contributed by atoms with Crippen molar-refractivity contribution in [2.75, 3.05) is 7.05 Å². The fourth-order valence-electron chi connectivity index (χ4n) is 1.75. The van der Waals surface area contributed by atoms with Gasteiger partial charge in [0.05, 0.1) is 0 Å². The molecular formula is C11H19N. The fraction of sp³-hybridized carbons (Fsp3) is 0.727. The average Bonchev–Trinajstić information content (AvgIpc) is 2.17. The third kappa shape index (κ3) is 2.80. The average molecular weight is 165 g/mol. The van der Waals surface area contributed by atoms with Gasteiger partial charge in [-0.3, -0.25) is 4.99 Å². The molecule has 12 heavy (non-hydrogen) atoms. The van der Waals surface area contributed by atoms with Crippen molar-refractivity contribution in [3.8, 4) is 0 Å². The number of rotatable bonds is 0. The zero-order valence-corrected chi connectivity index (χ0v) is 8.10. The van der Waals surface area contributed by atoms with Crippen LogP contribution in [0.5, 0.6) is 0 Å². The Hall–Kier alpha value is -0.590. The molecule has 0 radical (unpaired) electrons. The number of allylic oxidation sites excluding steroid dienone is 1. The topological polar surface area (TPSA) is 12.4 Å². The highest BCUT2D eigenvalue weighted by molar-refractivity contribution is 5.99. The van der Waals surface area contributed by atoms with Crippen molar-refractivity contribution in [2.45, 2.75) is 44.9 Å². The molecule has 1 saturated carbocycles. The van der Waals surface area contributed by atoms with Crippen LogP contribution in [0.2, 0.25) is 0 Å². The summed E-state index contributed by atoms with van der Waals surface area (Å²) in [7, 11) is 1.89. The maximum Gasteiger partial charge on any atom is 0.0370 e. The normalized spacial score (nSPS) is 24.8. The first-order chi connectivity index (χ1) is 5.84. The zero-order chi connectivity index (χ0) is 8.81. The van der Waals surface area contributed by atoms with Crippen LogP contribution < -0.4 is 0 Å². The van der Waals surface area contributed by atoms with Gasteiger partial charge in [0.2, 0.25) is 0 Å². The number of hydrogen-bond donors (Lipinski definition) is 0. The van der Waals surface area contributed by atoms with Gasteiger partial charge in [0, 0.05) is 12.8 Å². The molecule has 0 atom stereocenters. The molecule has 0 aromatic heterocycles. The van der Waals surface area contributed by atoms with E-state index in [9.17, 15) is 0 Å². The van der Waals surface area contributed by atoms with Gasteiger partial charge >= 0.3 is 0 Å². The third-order valence-electron chi connectivity index (χ3n) is 2.57. The minimum Gasteiger partial charge on any atom is -0.293 e. The van der Waals surface area contributed by atoms with Crippen LogP contribution in [0.4, 0.5) is 0 Å². The van der Waals surface area contributed by atoms with E-state index in [1.807, 2.05) is 7.05 Å². The first-order valence-corrected chi connectivity index (χ1v) is 4.98. The lowest BCUT2D eigenvalue weighted by Gasteiger charge is -2.05. The molecule has 1 aliphatic rings. The van der Waals surface area contributed by atoms with Gasteiger partial charge in [-0.2, -0.15) is 0 Å². The van der Waals surface area contributed by atoms with E-state index in [0.29, 0.717) is 0 Å². The van der Waals surface area contributed by atoms with E-state index in [0.717, 1.165) is 12.8 Å². The molecule has 0 aromatic rings. The van der Waals surface area contributed by atoms with E-state index in [-0.39, 0.29) is 0 Å². The molecule has 1 heteroatoms. The highest BCUT2D eigenvalue weighted by Gasteiger charge is 2.06. The van der Waals surface area contributed by atoms with Gasteiger partial charge in [-0.25, -0.2) is 0 Å².